The fourth-order valence-electron chi connectivity index (χ4n) is 7.14. The highest BCUT2D eigenvalue weighted by Gasteiger charge is 2.26. The van der Waals surface area contributed by atoms with Gasteiger partial charge in [0.2, 0.25) is 17.7 Å². The number of rotatable bonds is 20. The summed E-state index contributed by atoms with van der Waals surface area (Å²) in [7, 11) is 0. The van der Waals surface area contributed by atoms with E-state index in [4.69, 9.17) is 18.5 Å². The minimum Gasteiger partial charge on any atom is -0.493 e. The van der Waals surface area contributed by atoms with Gasteiger partial charge in [-0.25, -0.2) is 0 Å². The Labute approximate surface area is 321 Å². The van der Waals surface area contributed by atoms with Crippen molar-refractivity contribution in [3.05, 3.63) is 46.8 Å². The van der Waals surface area contributed by atoms with Crippen LogP contribution in [0, 0.1) is 10.8 Å². The van der Waals surface area contributed by atoms with Gasteiger partial charge in [0, 0.05) is 62.3 Å². The average Bonchev–Trinajstić information content (AvgIpc) is 3.68. The highest BCUT2D eigenvalue weighted by atomic mass is 16.5. The molecule has 3 amide bonds. The van der Waals surface area contributed by atoms with Gasteiger partial charge in [-0.15, -0.1) is 0 Å². The second-order valence-corrected chi connectivity index (χ2v) is 16.5. The lowest BCUT2D eigenvalue weighted by Gasteiger charge is -2.24. The number of carbonyl (C=O) groups excluding carboxylic acids is 3. The second kappa shape index (κ2) is 18.8. The molecule has 0 radical (unpaired) electrons. The van der Waals surface area contributed by atoms with Gasteiger partial charge in [-0.3, -0.25) is 19.3 Å². The largest absolute Gasteiger partial charge is 0.493 e. The van der Waals surface area contributed by atoms with E-state index in [2.05, 4.69) is 64.0 Å². The molecule has 0 atom stereocenters. The van der Waals surface area contributed by atoms with E-state index in [1.54, 1.807) is 6.92 Å². The standard InChI is InChI=1S/C43H62N4O7/c1-11-16-34-38(52-26-15-24-47(30(4)49)31(5)50)20-19-33-37(45-53-40(33)34)28-43(9,10)22-13-17-35-39(51-25-14-23-46(12-2)29(3)48)21-18-32-36(27-42(6,7)8)44-54-41(32)35/h18-21H,11-17,22-28H2,1-10H3. The highest BCUT2D eigenvalue weighted by molar-refractivity contribution is 5.92. The van der Waals surface area contributed by atoms with Gasteiger partial charge in [-0.05, 0) is 93.4 Å². The Balaban J connectivity index is 1.46. The second-order valence-electron chi connectivity index (χ2n) is 16.5. The molecule has 0 aliphatic heterocycles. The number of nitrogens with zero attached hydrogens (tertiary/aromatic N) is 4. The predicted octanol–water partition coefficient (Wildman–Crippen LogP) is 8.90. The van der Waals surface area contributed by atoms with Gasteiger partial charge >= 0.3 is 0 Å². The lowest BCUT2D eigenvalue weighted by molar-refractivity contribution is -0.142. The van der Waals surface area contributed by atoms with Gasteiger partial charge in [0.1, 0.15) is 11.5 Å². The van der Waals surface area contributed by atoms with Crippen LogP contribution in [0.5, 0.6) is 11.5 Å². The Hall–Kier alpha value is -4.41. The molecule has 296 valence electrons. The van der Waals surface area contributed by atoms with E-state index < -0.39 is 0 Å². The van der Waals surface area contributed by atoms with Gasteiger partial charge in [0.05, 0.1) is 24.6 Å². The molecular formula is C43H62N4O7. The van der Waals surface area contributed by atoms with Crippen molar-refractivity contribution in [3.63, 3.8) is 0 Å². The molecule has 0 unspecified atom stereocenters. The molecule has 0 N–H and O–H groups in total. The van der Waals surface area contributed by atoms with E-state index in [1.165, 1.54) is 18.7 Å². The lowest BCUT2D eigenvalue weighted by atomic mass is 9.81. The third kappa shape index (κ3) is 11.3. The summed E-state index contributed by atoms with van der Waals surface area (Å²) in [6, 6.07) is 8.14. The van der Waals surface area contributed by atoms with Gasteiger partial charge in [-0.1, -0.05) is 58.3 Å². The summed E-state index contributed by atoms with van der Waals surface area (Å²) in [5, 5.41) is 11.1. The number of carbonyl (C=O) groups is 3. The fourth-order valence-corrected chi connectivity index (χ4v) is 7.14. The number of imide groups is 1. The molecule has 0 saturated heterocycles. The zero-order valence-electron chi connectivity index (χ0n) is 34.4. The topological polar surface area (TPSA) is 128 Å². The first-order valence-corrected chi connectivity index (χ1v) is 19.6. The van der Waals surface area contributed by atoms with Crippen LogP contribution in [-0.4, -0.2) is 70.7 Å². The number of hydrogen-bond acceptors (Lipinski definition) is 9. The van der Waals surface area contributed by atoms with Gasteiger partial charge in [0.25, 0.3) is 0 Å². The van der Waals surface area contributed by atoms with Crippen LogP contribution in [0.2, 0.25) is 0 Å². The van der Waals surface area contributed by atoms with E-state index in [0.717, 1.165) is 107 Å². The van der Waals surface area contributed by atoms with Crippen LogP contribution >= 0.6 is 0 Å². The lowest BCUT2D eigenvalue weighted by Crippen LogP contribution is -2.34. The summed E-state index contributed by atoms with van der Waals surface area (Å²) in [5.74, 6) is 1.10. The van der Waals surface area contributed by atoms with Crippen LogP contribution in [-0.2, 0) is 40.1 Å². The van der Waals surface area contributed by atoms with Crippen molar-refractivity contribution in [2.75, 3.05) is 32.8 Å². The summed E-state index contributed by atoms with van der Waals surface area (Å²) >= 11 is 0. The summed E-state index contributed by atoms with van der Waals surface area (Å²) in [4.78, 5) is 38.5. The van der Waals surface area contributed by atoms with Crippen LogP contribution in [0.1, 0.15) is 124 Å². The molecule has 11 heteroatoms. The maximum Gasteiger partial charge on any atom is 0.226 e. The molecule has 0 spiro atoms. The van der Waals surface area contributed by atoms with Crippen molar-refractivity contribution in [1.29, 1.82) is 0 Å². The van der Waals surface area contributed by atoms with E-state index in [1.807, 2.05) is 24.0 Å². The molecule has 4 rings (SSSR count). The van der Waals surface area contributed by atoms with Crippen LogP contribution in [0.3, 0.4) is 0 Å². The van der Waals surface area contributed by atoms with Gasteiger partial charge < -0.3 is 23.4 Å². The van der Waals surface area contributed by atoms with E-state index in [0.29, 0.717) is 39.3 Å². The van der Waals surface area contributed by atoms with E-state index in [-0.39, 0.29) is 28.6 Å². The van der Waals surface area contributed by atoms with Crippen LogP contribution in [0.15, 0.2) is 33.3 Å². The number of benzene rings is 2. The van der Waals surface area contributed by atoms with Crippen LogP contribution in [0.25, 0.3) is 21.9 Å². The van der Waals surface area contributed by atoms with E-state index in [9.17, 15) is 14.4 Å². The Bertz CT molecular complexity index is 1870. The fraction of sp³-hybridized carbons (Fsp3) is 0.605. The smallest absolute Gasteiger partial charge is 0.226 e. The van der Waals surface area contributed by atoms with Gasteiger partial charge in [0.15, 0.2) is 11.2 Å². The molecule has 11 nitrogen and oxygen atoms in total. The molecule has 0 bridgehead atoms. The van der Waals surface area contributed by atoms with Crippen molar-refractivity contribution in [1.82, 2.24) is 20.1 Å². The third-order valence-electron chi connectivity index (χ3n) is 9.88. The Morgan fingerprint density at radius 2 is 1.20 bits per heavy atom. The molecule has 0 aliphatic rings. The minimum atomic E-state index is -0.263. The van der Waals surface area contributed by atoms with Crippen molar-refractivity contribution < 1.29 is 32.9 Å². The quantitative estimate of drug-likeness (QED) is 0.0815. The van der Waals surface area contributed by atoms with E-state index >= 15 is 0 Å². The maximum absolute atomic E-state index is 11.9. The van der Waals surface area contributed by atoms with Crippen molar-refractivity contribution in [2.45, 2.75) is 127 Å². The number of amides is 3. The zero-order valence-corrected chi connectivity index (χ0v) is 34.4. The Kier molecular flexibility index (Phi) is 14.7. The molecule has 0 fully saturated rings. The Morgan fingerprint density at radius 3 is 1.69 bits per heavy atom. The molecule has 4 aromatic rings. The van der Waals surface area contributed by atoms with Gasteiger partial charge in [-0.2, -0.15) is 0 Å². The molecule has 2 heterocycles. The zero-order chi connectivity index (χ0) is 39.6. The Morgan fingerprint density at radius 1 is 0.685 bits per heavy atom. The monoisotopic (exact) mass is 746 g/mol. The number of hydrogen-bond donors (Lipinski definition) is 0. The summed E-state index contributed by atoms with van der Waals surface area (Å²) in [5.41, 5.74) is 5.46. The summed E-state index contributed by atoms with van der Waals surface area (Å²) < 4.78 is 24.5. The summed E-state index contributed by atoms with van der Waals surface area (Å²) in [6.07, 6.45) is 7.13. The third-order valence-corrected chi connectivity index (χ3v) is 9.88. The first-order valence-electron chi connectivity index (χ1n) is 19.6. The average molecular weight is 747 g/mol. The molecule has 54 heavy (non-hydrogen) atoms. The first kappa shape index (κ1) is 42.3. The first-order chi connectivity index (χ1) is 25.5. The van der Waals surface area contributed by atoms with Crippen LogP contribution < -0.4 is 9.47 Å². The predicted molar refractivity (Wildman–Crippen MR) is 212 cm³/mol. The molecule has 2 aromatic carbocycles. The summed E-state index contributed by atoms with van der Waals surface area (Å²) in [6.45, 7) is 22.2. The van der Waals surface area contributed by atoms with Crippen molar-refractivity contribution in [3.8, 4) is 11.5 Å². The van der Waals surface area contributed by atoms with Crippen LogP contribution in [0.4, 0.5) is 0 Å². The highest BCUT2D eigenvalue weighted by Crippen LogP contribution is 2.38. The normalized spacial score (nSPS) is 12.0. The SMILES string of the molecule is CCCc1c(OCCCN(C(C)=O)C(C)=O)ccc2c(CC(C)(C)CCCc3c(OCCCN(CC)C(C)=O)ccc4c(CC(C)(C)C)noc34)noc12. The number of fused-ring (bicyclic) bond motifs is 2. The molecule has 2 aromatic heterocycles. The molecule has 0 aliphatic carbocycles. The number of aromatic nitrogens is 2. The van der Waals surface area contributed by atoms with Crippen molar-refractivity contribution >= 4 is 39.7 Å². The number of aryl methyl sites for hydroxylation is 2. The molecule has 0 saturated carbocycles. The minimum absolute atomic E-state index is 0.0682. The van der Waals surface area contributed by atoms with Crippen molar-refractivity contribution in [2.24, 2.45) is 10.8 Å². The maximum atomic E-state index is 11.9. The number of ether oxygens (including phenoxy) is 2. The molecular weight excluding hydrogens is 684 g/mol.